The summed E-state index contributed by atoms with van der Waals surface area (Å²) >= 11 is 1.65. The van der Waals surface area contributed by atoms with Gasteiger partial charge in [-0.2, -0.15) is 0 Å². The number of nitrogens with one attached hydrogen (secondary N) is 1. The van der Waals surface area contributed by atoms with E-state index in [1.807, 2.05) is 7.05 Å². The minimum Gasteiger partial charge on any atom is -0.318 e. The first-order chi connectivity index (χ1) is 7.38. The third-order valence-electron chi connectivity index (χ3n) is 1.77. The summed E-state index contributed by atoms with van der Waals surface area (Å²) in [6.07, 6.45) is 6.98. The second-order valence-electron chi connectivity index (χ2n) is 2.94. The molecule has 0 atom stereocenters. The van der Waals surface area contributed by atoms with Crippen molar-refractivity contribution in [3.63, 3.8) is 0 Å². The van der Waals surface area contributed by atoms with Gasteiger partial charge in [-0.25, -0.2) is 4.68 Å². The van der Waals surface area contributed by atoms with Crippen LogP contribution in [0.15, 0.2) is 5.16 Å². The fourth-order valence-electron chi connectivity index (χ4n) is 0.996. The molecule has 0 aromatic carbocycles. The lowest BCUT2D eigenvalue weighted by Gasteiger charge is -2.02. The maximum absolute atomic E-state index is 5.17. The molecule has 1 N–H and O–H groups in total. The summed E-state index contributed by atoms with van der Waals surface area (Å²) in [5, 5.41) is 15.4. The Bertz CT molecular complexity index is 317. The van der Waals surface area contributed by atoms with Crippen molar-refractivity contribution in [2.75, 3.05) is 19.3 Å². The Morgan fingerprint density at radius 3 is 3.20 bits per heavy atom. The van der Waals surface area contributed by atoms with Gasteiger partial charge in [0.1, 0.15) is 0 Å². The third kappa shape index (κ3) is 4.32. The zero-order chi connectivity index (χ0) is 10.9. The molecule has 5 nitrogen and oxygen atoms in total. The van der Waals surface area contributed by atoms with E-state index in [9.17, 15) is 0 Å². The van der Waals surface area contributed by atoms with E-state index in [1.165, 1.54) is 0 Å². The van der Waals surface area contributed by atoms with Crippen molar-refractivity contribution in [3.05, 3.63) is 0 Å². The smallest absolute Gasteiger partial charge is 0.209 e. The van der Waals surface area contributed by atoms with Gasteiger partial charge in [-0.1, -0.05) is 11.8 Å². The summed E-state index contributed by atoms with van der Waals surface area (Å²) in [4.78, 5) is 0. The second-order valence-corrected chi connectivity index (χ2v) is 4.01. The van der Waals surface area contributed by atoms with Crippen molar-refractivity contribution in [3.8, 4) is 12.3 Å². The molecule has 0 saturated heterocycles. The standard InChI is InChI=1S/C9H15N5S/c1-3-4-5-8-15-9-11-12-13-14(9)7-6-10-2/h1,10H,4-8H2,2H3. The van der Waals surface area contributed by atoms with Gasteiger partial charge in [-0.3, -0.25) is 0 Å². The Balaban J connectivity index is 2.33. The van der Waals surface area contributed by atoms with Gasteiger partial charge in [0.2, 0.25) is 5.16 Å². The Labute approximate surface area is 94.0 Å². The van der Waals surface area contributed by atoms with Crippen LogP contribution in [0.4, 0.5) is 0 Å². The van der Waals surface area contributed by atoms with E-state index in [2.05, 4.69) is 26.8 Å². The van der Waals surface area contributed by atoms with Crippen molar-refractivity contribution < 1.29 is 0 Å². The molecule has 0 aliphatic rings. The highest BCUT2D eigenvalue weighted by atomic mass is 32.2. The Morgan fingerprint density at radius 1 is 1.60 bits per heavy atom. The van der Waals surface area contributed by atoms with Gasteiger partial charge >= 0.3 is 0 Å². The molecule has 0 unspecified atom stereocenters. The molecule has 1 heterocycles. The fraction of sp³-hybridized carbons (Fsp3) is 0.667. The van der Waals surface area contributed by atoms with E-state index in [4.69, 9.17) is 6.42 Å². The molecule has 0 aliphatic heterocycles. The van der Waals surface area contributed by atoms with Crippen LogP contribution in [0.5, 0.6) is 0 Å². The number of tetrazole rings is 1. The lowest BCUT2D eigenvalue weighted by atomic mass is 10.4. The van der Waals surface area contributed by atoms with Gasteiger partial charge in [0.15, 0.2) is 0 Å². The van der Waals surface area contributed by atoms with Gasteiger partial charge in [0, 0.05) is 18.7 Å². The van der Waals surface area contributed by atoms with Crippen LogP contribution in [0.3, 0.4) is 0 Å². The van der Waals surface area contributed by atoms with Gasteiger partial charge in [0.05, 0.1) is 6.54 Å². The molecule has 1 rings (SSSR count). The van der Waals surface area contributed by atoms with Gasteiger partial charge in [0.25, 0.3) is 0 Å². The molecule has 0 radical (unpaired) electrons. The SMILES string of the molecule is C#CCCCSc1nnnn1CCNC. The predicted octanol–water partition coefficient (Wildman–Crippen LogP) is 0.398. The molecule has 82 valence electrons. The molecule has 0 saturated carbocycles. The molecule has 0 fully saturated rings. The van der Waals surface area contributed by atoms with E-state index < -0.39 is 0 Å². The average molecular weight is 225 g/mol. The maximum atomic E-state index is 5.17. The fourth-order valence-corrected chi connectivity index (χ4v) is 1.84. The summed E-state index contributed by atoms with van der Waals surface area (Å²) in [6.45, 7) is 1.66. The Hall–Kier alpha value is -1.06. The summed E-state index contributed by atoms with van der Waals surface area (Å²) in [7, 11) is 1.91. The minimum absolute atomic E-state index is 0.793. The molecule has 0 spiro atoms. The number of aromatic nitrogens is 4. The van der Waals surface area contributed by atoms with E-state index in [-0.39, 0.29) is 0 Å². The second kappa shape index (κ2) is 7.26. The largest absolute Gasteiger partial charge is 0.318 e. The Kier molecular flexibility index (Phi) is 5.81. The minimum atomic E-state index is 0.793. The molecule has 15 heavy (non-hydrogen) atoms. The number of unbranched alkanes of at least 4 members (excludes halogenated alkanes) is 1. The highest BCUT2D eigenvalue weighted by Gasteiger charge is 2.04. The van der Waals surface area contributed by atoms with Crippen molar-refractivity contribution in [2.24, 2.45) is 0 Å². The first kappa shape index (κ1) is 12.0. The van der Waals surface area contributed by atoms with E-state index in [0.29, 0.717) is 0 Å². The molecular weight excluding hydrogens is 210 g/mol. The maximum Gasteiger partial charge on any atom is 0.209 e. The monoisotopic (exact) mass is 225 g/mol. The summed E-state index contributed by atoms with van der Waals surface area (Å²) in [5.74, 6) is 3.58. The number of nitrogens with zero attached hydrogens (tertiary/aromatic N) is 4. The van der Waals surface area contributed by atoms with Crippen LogP contribution < -0.4 is 5.32 Å². The van der Waals surface area contributed by atoms with Crippen LogP contribution in [0.1, 0.15) is 12.8 Å². The first-order valence-corrected chi connectivity index (χ1v) is 5.84. The van der Waals surface area contributed by atoms with Crippen molar-refractivity contribution in [2.45, 2.75) is 24.5 Å². The van der Waals surface area contributed by atoms with Crippen molar-refractivity contribution >= 4 is 11.8 Å². The normalized spacial score (nSPS) is 10.1. The predicted molar refractivity (Wildman–Crippen MR) is 60.5 cm³/mol. The number of terminal acetylenes is 1. The number of hydrogen-bond donors (Lipinski definition) is 1. The van der Waals surface area contributed by atoms with Crippen LogP contribution in [0.2, 0.25) is 0 Å². The van der Waals surface area contributed by atoms with Crippen molar-refractivity contribution in [1.82, 2.24) is 25.5 Å². The van der Waals surface area contributed by atoms with Crippen LogP contribution >= 0.6 is 11.8 Å². The molecule has 1 aromatic rings. The van der Waals surface area contributed by atoms with Crippen LogP contribution in [0, 0.1) is 12.3 Å². The number of rotatable bonds is 7. The van der Waals surface area contributed by atoms with Crippen LogP contribution in [-0.4, -0.2) is 39.6 Å². The van der Waals surface area contributed by atoms with Gasteiger partial charge in [-0.15, -0.1) is 17.4 Å². The lowest BCUT2D eigenvalue weighted by Crippen LogP contribution is -2.16. The topological polar surface area (TPSA) is 55.6 Å². The summed E-state index contributed by atoms with van der Waals surface area (Å²) < 4.78 is 1.80. The van der Waals surface area contributed by atoms with Crippen molar-refractivity contribution in [1.29, 1.82) is 0 Å². The van der Waals surface area contributed by atoms with Gasteiger partial charge < -0.3 is 5.32 Å². The molecule has 0 amide bonds. The molecule has 1 aromatic heterocycles. The molecule has 0 bridgehead atoms. The van der Waals surface area contributed by atoms with Gasteiger partial charge in [-0.05, 0) is 23.9 Å². The highest BCUT2D eigenvalue weighted by Crippen LogP contribution is 2.14. The third-order valence-corrected chi connectivity index (χ3v) is 2.81. The van der Waals surface area contributed by atoms with E-state index in [1.54, 1.807) is 16.4 Å². The lowest BCUT2D eigenvalue weighted by molar-refractivity contribution is 0.530. The van der Waals surface area contributed by atoms with E-state index in [0.717, 1.165) is 36.8 Å². The number of hydrogen-bond acceptors (Lipinski definition) is 5. The Morgan fingerprint density at radius 2 is 2.47 bits per heavy atom. The molecule has 0 aliphatic carbocycles. The molecule has 6 heteroatoms. The number of likely N-dealkylation sites (N-methyl/N-ethyl adjacent to an activating group) is 1. The van der Waals surface area contributed by atoms with E-state index >= 15 is 0 Å². The first-order valence-electron chi connectivity index (χ1n) is 4.85. The summed E-state index contributed by atoms with van der Waals surface area (Å²) in [6, 6.07) is 0. The summed E-state index contributed by atoms with van der Waals surface area (Å²) in [5.41, 5.74) is 0. The zero-order valence-electron chi connectivity index (χ0n) is 8.81. The zero-order valence-corrected chi connectivity index (χ0v) is 9.63. The van der Waals surface area contributed by atoms with Crippen LogP contribution in [0.25, 0.3) is 0 Å². The average Bonchev–Trinajstić information content (AvgIpc) is 2.69. The quantitative estimate of drug-likeness (QED) is 0.413. The number of thioether (sulfide) groups is 1. The van der Waals surface area contributed by atoms with Crippen LogP contribution in [-0.2, 0) is 6.54 Å². The highest BCUT2D eigenvalue weighted by molar-refractivity contribution is 7.99. The molecular formula is C9H15N5S.